The van der Waals surface area contributed by atoms with E-state index in [9.17, 15) is 0 Å². The summed E-state index contributed by atoms with van der Waals surface area (Å²) in [4.78, 5) is 0. The van der Waals surface area contributed by atoms with E-state index in [1.54, 1.807) is 0 Å². The van der Waals surface area contributed by atoms with Crippen LogP contribution < -0.4 is 5.32 Å². The number of aryl methyl sites for hydroxylation is 2. The van der Waals surface area contributed by atoms with Crippen LogP contribution in [0.5, 0.6) is 0 Å². The fourth-order valence-electron chi connectivity index (χ4n) is 2.30. The van der Waals surface area contributed by atoms with E-state index in [1.807, 2.05) is 18.7 Å². The third-order valence-corrected chi connectivity index (χ3v) is 3.91. The molecular weight excluding hydrogens is 262 g/mol. The maximum Gasteiger partial charge on any atom is 0.0850 e. The van der Waals surface area contributed by atoms with Crippen molar-refractivity contribution in [2.75, 3.05) is 13.7 Å². The second-order valence-electron chi connectivity index (χ2n) is 4.64. The highest BCUT2D eigenvalue weighted by molar-refractivity contribution is 6.31. The first-order chi connectivity index (χ1) is 9.08. The third-order valence-electron chi connectivity index (χ3n) is 3.47. The molecule has 1 rings (SSSR count). The van der Waals surface area contributed by atoms with Crippen molar-refractivity contribution in [3.63, 3.8) is 0 Å². The Bertz CT molecular complexity index is 392. The van der Waals surface area contributed by atoms with Crippen molar-refractivity contribution >= 4 is 11.6 Å². The highest BCUT2D eigenvalue weighted by Gasteiger charge is 2.22. The maximum absolute atomic E-state index is 6.44. The van der Waals surface area contributed by atoms with Gasteiger partial charge < -0.3 is 10.1 Å². The van der Waals surface area contributed by atoms with E-state index in [1.165, 1.54) is 0 Å². The number of likely N-dealkylation sites (N-methyl/N-ethyl adjacent to an activating group) is 1. The molecule has 0 bridgehead atoms. The molecule has 0 fully saturated rings. The van der Waals surface area contributed by atoms with Gasteiger partial charge in [-0.25, -0.2) is 0 Å². The van der Waals surface area contributed by atoms with E-state index in [0.29, 0.717) is 0 Å². The predicted octanol–water partition coefficient (Wildman–Crippen LogP) is 2.67. The van der Waals surface area contributed by atoms with Crippen molar-refractivity contribution in [3.05, 3.63) is 16.4 Å². The minimum absolute atomic E-state index is 0.149. The Balaban J connectivity index is 2.92. The Morgan fingerprint density at radius 3 is 2.53 bits per heavy atom. The zero-order chi connectivity index (χ0) is 14.4. The average Bonchev–Trinajstić information content (AvgIpc) is 2.72. The van der Waals surface area contributed by atoms with Gasteiger partial charge in [0.2, 0.25) is 0 Å². The quantitative estimate of drug-likeness (QED) is 0.799. The van der Waals surface area contributed by atoms with Gasteiger partial charge in [-0.1, -0.05) is 18.5 Å². The van der Waals surface area contributed by atoms with Crippen molar-refractivity contribution in [2.24, 2.45) is 0 Å². The van der Waals surface area contributed by atoms with Crippen LogP contribution in [0.4, 0.5) is 0 Å². The normalized spacial score (nSPS) is 14.6. The van der Waals surface area contributed by atoms with Crippen LogP contribution in [0.3, 0.4) is 0 Å². The number of hydrogen-bond donors (Lipinski definition) is 1. The van der Waals surface area contributed by atoms with Gasteiger partial charge in [0, 0.05) is 25.6 Å². The molecule has 0 spiro atoms. The topological polar surface area (TPSA) is 39.1 Å². The van der Waals surface area contributed by atoms with Crippen LogP contribution in [0.15, 0.2) is 0 Å². The molecule has 0 aliphatic carbocycles. The zero-order valence-electron chi connectivity index (χ0n) is 12.7. The minimum Gasteiger partial charge on any atom is -0.377 e. The van der Waals surface area contributed by atoms with Gasteiger partial charge in [0.05, 0.1) is 22.5 Å². The fourth-order valence-corrected chi connectivity index (χ4v) is 2.65. The van der Waals surface area contributed by atoms with Crippen molar-refractivity contribution in [2.45, 2.75) is 59.2 Å². The highest BCUT2D eigenvalue weighted by atomic mass is 35.5. The van der Waals surface area contributed by atoms with Crippen LogP contribution in [-0.2, 0) is 24.1 Å². The Morgan fingerprint density at radius 2 is 2.05 bits per heavy atom. The summed E-state index contributed by atoms with van der Waals surface area (Å²) in [6.07, 6.45) is 1.85. The molecule has 0 amide bonds. The van der Waals surface area contributed by atoms with Gasteiger partial charge in [0.1, 0.15) is 0 Å². The smallest absolute Gasteiger partial charge is 0.0850 e. The number of rotatable bonds is 8. The Kier molecular flexibility index (Phi) is 6.83. The molecule has 110 valence electrons. The monoisotopic (exact) mass is 287 g/mol. The summed E-state index contributed by atoms with van der Waals surface area (Å²) in [7, 11) is 1.96. The lowest BCUT2D eigenvalue weighted by Gasteiger charge is -2.23. The van der Waals surface area contributed by atoms with Crippen LogP contribution >= 0.6 is 11.6 Å². The largest absolute Gasteiger partial charge is 0.377 e. The van der Waals surface area contributed by atoms with Crippen LogP contribution in [0.1, 0.15) is 39.1 Å². The number of hydrogen-bond acceptors (Lipinski definition) is 3. The van der Waals surface area contributed by atoms with E-state index in [4.69, 9.17) is 16.3 Å². The van der Waals surface area contributed by atoms with Gasteiger partial charge in [-0.2, -0.15) is 5.10 Å². The lowest BCUT2D eigenvalue weighted by atomic mass is 10.1. The molecular formula is C14H26ClN3O. The molecule has 2 unspecified atom stereocenters. The molecule has 0 aliphatic heterocycles. The van der Waals surface area contributed by atoms with E-state index < -0.39 is 0 Å². The summed E-state index contributed by atoms with van der Waals surface area (Å²) in [6, 6.07) is 0.240. The highest BCUT2D eigenvalue weighted by Crippen LogP contribution is 2.23. The number of aromatic nitrogens is 2. The Hall–Kier alpha value is -0.580. The number of halogens is 1. The molecule has 5 heteroatoms. The first-order valence-corrected chi connectivity index (χ1v) is 7.49. The first-order valence-electron chi connectivity index (χ1n) is 7.11. The SMILES string of the molecule is CCOC(C)C(Cc1c(Cl)c(CC)nn1CC)NC. The molecule has 0 aliphatic rings. The number of nitrogens with zero attached hydrogens (tertiary/aromatic N) is 2. The standard InChI is InChI=1S/C14H26ClN3O/c1-6-11-14(15)13(18(7-2)17-11)9-12(16-5)10(4)19-8-3/h10,12,16H,6-9H2,1-5H3. The summed E-state index contributed by atoms with van der Waals surface area (Å²) in [5.74, 6) is 0. The van der Waals surface area contributed by atoms with E-state index >= 15 is 0 Å². The van der Waals surface area contributed by atoms with Crippen molar-refractivity contribution in [3.8, 4) is 0 Å². The Morgan fingerprint density at radius 1 is 1.37 bits per heavy atom. The van der Waals surface area contributed by atoms with E-state index in [0.717, 1.165) is 42.4 Å². The van der Waals surface area contributed by atoms with Crippen LogP contribution in [0.2, 0.25) is 5.02 Å². The third kappa shape index (κ3) is 3.94. The zero-order valence-corrected chi connectivity index (χ0v) is 13.4. The summed E-state index contributed by atoms with van der Waals surface area (Å²) < 4.78 is 7.68. The predicted molar refractivity (Wildman–Crippen MR) is 79.9 cm³/mol. The lowest BCUT2D eigenvalue weighted by Crippen LogP contribution is -2.40. The maximum atomic E-state index is 6.44. The molecule has 0 saturated carbocycles. The van der Waals surface area contributed by atoms with Gasteiger partial charge in [-0.15, -0.1) is 0 Å². The van der Waals surface area contributed by atoms with Crippen LogP contribution in [0, 0.1) is 0 Å². The summed E-state index contributed by atoms with van der Waals surface area (Å²) in [6.45, 7) is 9.84. The van der Waals surface area contributed by atoms with Crippen molar-refractivity contribution in [1.82, 2.24) is 15.1 Å². The van der Waals surface area contributed by atoms with Crippen LogP contribution in [-0.4, -0.2) is 35.6 Å². The van der Waals surface area contributed by atoms with E-state index in [2.05, 4.69) is 31.2 Å². The van der Waals surface area contributed by atoms with Crippen molar-refractivity contribution in [1.29, 1.82) is 0 Å². The molecule has 19 heavy (non-hydrogen) atoms. The van der Waals surface area contributed by atoms with E-state index in [-0.39, 0.29) is 12.1 Å². The summed E-state index contributed by atoms with van der Waals surface area (Å²) >= 11 is 6.44. The molecule has 0 saturated heterocycles. The summed E-state index contributed by atoms with van der Waals surface area (Å²) in [5.41, 5.74) is 2.09. The van der Waals surface area contributed by atoms with Gasteiger partial charge in [-0.3, -0.25) is 4.68 Å². The Labute approximate surface area is 121 Å². The molecule has 0 radical (unpaired) electrons. The molecule has 1 aromatic heterocycles. The molecule has 2 atom stereocenters. The average molecular weight is 288 g/mol. The summed E-state index contributed by atoms with van der Waals surface area (Å²) in [5, 5.41) is 8.68. The molecule has 4 nitrogen and oxygen atoms in total. The van der Waals surface area contributed by atoms with Gasteiger partial charge in [-0.05, 0) is 34.2 Å². The fraction of sp³-hybridized carbons (Fsp3) is 0.786. The molecule has 1 aromatic rings. The van der Waals surface area contributed by atoms with Gasteiger partial charge >= 0.3 is 0 Å². The number of nitrogens with one attached hydrogen (secondary N) is 1. The number of ether oxygens (including phenoxy) is 1. The second kappa shape index (κ2) is 7.88. The molecule has 1 heterocycles. The van der Waals surface area contributed by atoms with Crippen molar-refractivity contribution < 1.29 is 4.74 Å². The van der Waals surface area contributed by atoms with Gasteiger partial charge in [0.15, 0.2) is 0 Å². The second-order valence-corrected chi connectivity index (χ2v) is 5.01. The molecule has 0 aromatic carbocycles. The van der Waals surface area contributed by atoms with Gasteiger partial charge in [0.25, 0.3) is 0 Å². The lowest BCUT2D eigenvalue weighted by molar-refractivity contribution is 0.0491. The van der Waals surface area contributed by atoms with Crippen LogP contribution in [0.25, 0.3) is 0 Å². The first kappa shape index (κ1) is 16.5. The molecule has 1 N–H and O–H groups in total. The minimum atomic E-state index is 0.149.